The third-order valence-corrected chi connectivity index (χ3v) is 1.72. The second-order valence-corrected chi connectivity index (χ2v) is 2.70. The van der Waals surface area contributed by atoms with E-state index in [9.17, 15) is 9.18 Å². The molecule has 0 aliphatic carbocycles. The first-order valence-electron chi connectivity index (χ1n) is 4.21. The Bertz CT molecular complexity index is 345. The predicted octanol–water partition coefficient (Wildman–Crippen LogP) is 2.44. The highest BCUT2D eigenvalue weighted by Gasteiger charge is 2.00. The molecule has 0 amide bonds. The van der Waals surface area contributed by atoms with Gasteiger partial charge in [-0.1, -0.05) is 18.2 Å². The molecule has 0 saturated heterocycles. The minimum atomic E-state index is -0.389. The van der Waals surface area contributed by atoms with Crippen molar-refractivity contribution >= 4 is 12.4 Å². The molecule has 1 aromatic carbocycles. The van der Waals surface area contributed by atoms with Crippen LogP contribution in [0, 0.1) is 5.82 Å². The first-order chi connectivity index (χ1) is 6.77. The first kappa shape index (κ1) is 10.4. The van der Waals surface area contributed by atoms with Gasteiger partial charge in [-0.3, -0.25) is 0 Å². The highest BCUT2D eigenvalue weighted by atomic mass is 19.1. The van der Waals surface area contributed by atoms with Crippen molar-refractivity contribution in [2.75, 3.05) is 7.11 Å². The molecule has 2 nitrogen and oxygen atoms in total. The summed E-state index contributed by atoms with van der Waals surface area (Å²) in [6.45, 7) is 0. The van der Waals surface area contributed by atoms with Crippen LogP contribution in [0.1, 0.15) is 12.0 Å². The molecule has 0 atom stereocenters. The number of ether oxygens (including phenoxy) is 1. The Labute approximate surface area is 82.0 Å². The summed E-state index contributed by atoms with van der Waals surface area (Å²) in [6.07, 6.45) is 4.62. The average molecular weight is 194 g/mol. The third-order valence-electron chi connectivity index (χ3n) is 1.72. The Morgan fingerprint density at radius 2 is 2.29 bits per heavy atom. The number of benzene rings is 1. The Morgan fingerprint density at radius 3 is 2.93 bits per heavy atom. The summed E-state index contributed by atoms with van der Waals surface area (Å²) in [5, 5.41) is 0. The molecule has 0 bridgehead atoms. The van der Waals surface area contributed by atoms with Crippen LogP contribution in [0.5, 0.6) is 5.75 Å². The van der Waals surface area contributed by atoms with Crippen molar-refractivity contribution in [3.63, 3.8) is 0 Å². The summed E-state index contributed by atoms with van der Waals surface area (Å²) < 4.78 is 17.8. The van der Waals surface area contributed by atoms with Crippen molar-refractivity contribution in [3.05, 3.63) is 35.7 Å². The van der Waals surface area contributed by atoms with Gasteiger partial charge in [-0.15, -0.1) is 0 Å². The number of carbonyl (C=O) groups excluding carboxylic acids is 1. The van der Waals surface area contributed by atoms with E-state index in [1.54, 1.807) is 24.3 Å². The Kier molecular flexibility index (Phi) is 3.85. The standard InChI is InChI=1S/C11H11FO2/c1-14-11-8-9(4-2-3-7-13)5-6-10(11)12/h2,4-8H,3H2,1H3. The maximum Gasteiger partial charge on any atom is 0.165 e. The van der Waals surface area contributed by atoms with Crippen LogP contribution in [0.25, 0.3) is 6.08 Å². The molecular weight excluding hydrogens is 183 g/mol. The zero-order chi connectivity index (χ0) is 10.4. The zero-order valence-corrected chi connectivity index (χ0v) is 7.87. The minimum absolute atomic E-state index is 0.207. The molecule has 1 rings (SSSR count). The molecule has 74 valence electrons. The van der Waals surface area contributed by atoms with E-state index in [2.05, 4.69) is 0 Å². The highest BCUT2D eigenvalue weighted by molar-refractivity contribution is 5.58. The van der Waals surface area contributed by atoms with E-state index in [1.165, 1.54) is 13.2 Å². The predicted molar refractivity (Wildman–Crippen MR) is 52.7 cm³/mol. The van der Waals surface area contributed by atoms with E-state index >= 15 is 0 Å². The molecule has 0 unspecified atom stereocenters. The molecule has 0 spiro atoms. The Morgan fingerprint density at radius 1 is 1.50 bits per heavy atom. The van der Waals surface area contributed by atoms with Gasteiger partial charge in [0.1, 0.15) is 6.29 Å². The van der Waals surface area contributed by atoms with Crippen LogP contribution >= 0.6 is 0 Å². The van der Waals surface area contributed by atoms with Crippen LogP contribution in [0.15, 0.2) is 24.3 Å². The molecule has 14 heavy (non-hydrogen) atoms. The van der Waals surface area contributed by atoms with E-state index in [0.717, 1.165) is 11.8 Å². The Balaban J connectivity index is 2.83. The van der Waals surface area contributed by atoms with Gasteiger partial charge in [0.2, 0.25) is 0 Å². The van der Waals surface area contributed by atoms with Crippen LogP contribution in [-0.2, 0) is 4.79 Å². The van der Waals surface area contributed by atoms with Crippen molar-refractivity contribution in [2.45, 2.75) is 6.42 Å². The number of rotatable bonds is 4. The fraction of sp³-hybridized carbons (Fsp3) is 0.182. The van der Waals surface area contributed by atoms with Crippen molar-refractivity contribution in [1.82, 2.24) is 0 Å². The van der Waals surface area contributed by atoms with E-state index < -0.39 is 0 Å². The number of carbonyl (C=O) groups is 1. The van der Waals surface area contributed by atoms with Crippen molar-refractivity contribution < 1.29 is 13.9 Å². The molecule has 0 aromatic heterocycles. The van der Waals surface area contributed by atoms with Gasteiger partial charge in [0.05, 0.1) is 7.11 Å². The van der Waals surface area contributed by atoms with Gasteiger partial charge in [0.25, 0.3) is 0 Å². The van der Waals surface area contributed by atoms with Crippen LogP contribution in [0.4, 0.5) is 4.39 Å². The third kappa shape index (κ3) is 2.69. The number of allylic oxidation sites excluding steroid dienone is 1. The minimum Gasteiger partial charge on any atom is -0.494 e. The number of hydrogen-bond acceptors (Lipinski definition) is 2. The average Bonchev–Trinajstić information content (AvgIpc) is 2.21. The number of methoxy groups -OCH3 is 1. The molecule has 0 fully saturated rings. The smallest absolute Gasteiger partial charge is 0.165 e. The monoisotopic (exact) mass is 194 g/mol. The second kappa shape index (κ2) is 5.17. The molecule has 0 heterocycles. The summed E-state index contributed by atoms with van der Waals surface area (Å²) in [5.41, 5.74) is 0.810. The van der Waals surface area contributed by atoms with Crippen molar-refractivity contribution in [2.24, 2.45) is 0 Å². The van der Waals surface area contributed by atoms with E-state index in [1.807, 2.05) is 0 Å². The van der Waals surface area contributed by atoms with Gasteiger partial charge in [0, 0.05) is 6.42 Å². The van der Waals surface area contributed by atoms with Crippen molar-refractivity contribution in [3.8, 4) is 5.75 Å². The molecule has 0 aliphatic heterocycles. The fourth-order valence-corrected chi connectivity index (χ4v) is 1.04. The van der Waals surface area contributed by atoms with Gasteiger partial charge in [-0.05, 0) is 17.7 Å². The van der Waals surface area contributed by atoms with E-state index in [0.29, 0.717) is 6.42 Å². The van der Waals surface area contributed by atoms with Gasteiger partial charge >= 0.3 is 0 Å². The molecular formula is C11H11FO2. The molecule has 0 radical (unpaired) electrons. The maximum absolute atomic E-state index is 13.0. The van der Waals surface area contributed by atoms with Gasteiger partial charge in [-0.25, -0.2) is 4.39 Å². The van der Waals surface area contributed by atoms with Crippen LogP contribution in [0.2, 0.25) is 0 Å². The summed E-state index contributed by atoms with van der Waals surface area (Å²) in [6, 6.07) is 4.54. The fourth-order valence-electron chi connectivity index (χ4n) is 1.04. The van der Waals surface area contributed by atoms with E-state index in [4.69, 9.17) is 4.74 Å². The molecule has 0 N–H and O–H groups in total. The zero-order valence-electron chi connectivity index (χ0n) is 7.87. The number of aldehydes is 1. The summed E-state index contributed by atoms with van der Waals surface area (Å²) >= 11 is 0. The lowest BCUT2D eigenvalue weighted by Gasteiger charge is -2.01. The lowest BCUT2D eigenvalue weighted by Crippen LogP contribution is -1.87. The Hall–Kier alpha value is -1.64. The van der Waals surface area contributed by atoms with Gasteiger partial charge < -0.3 is 9.53 Å². The van der Waals surface area contributed by atoms with E-state index in [-0.39, 0.29) is 11.6 Å². The summed E-state index contributed by atoms with van der Waals surface area (Å²) in [7, 11) is 1.41. The van der Waals surface area contributed by atoms with Gasteiger partial charge in [-0.2, -0.15) is 0 Å². The molecule has 0 saturated carbocycles. The van der Waals surface area contributed by atoms with Crippen LogP contribution in [0.3, 0.4) is 0 Å². The largest absolute Gasteiger partial charge is 0.494 e. The number of halogens is 1. The first-order valence-corrected chi connectivity index (χ1v) is 4.21. The second-order valence-electron chi connectivity index (χ2n) is 2.70. The van der Waals surface area contributed by atoms with Crippen LogP contribution in [-0.4, -0.2) is 13.4 Å². The lowest BCUT2D eigenvalue weighted by molar-refractivity contribution is -0.107. The topological polar surface area (TPSA) is 26.3 Å². The van der Waals surface area contributed by atoms with Crippen LogP contribution < -0.4 is 4.74 Å². The van der Waals surface area contributed by atoms with Crippen molar-refractivity contribution in [1.29, 1.82) is 0 Å². The highest BCUT2D eigenvalue weighted by Crippen LogP contribution is 2.18. The van der Waals surface area contributed by atoms with Gasteiger partial charge in [0.15, 0.2) is 11.6 Å². The SMILES string of the molecule is COc1cc(C=CCC=O)ccc1F. The maximum atomic E-state index is 13.0. The molecule has 1 aromatic rings. The number of hydrogen-bond donors (Lipinski definition) is 0. The quantitative estimate of drug-likeness (QED) is 0.688. The normalized spacial score (nSPS) is 10.4. The molecule has 3 heteroatoms. The lowest BCUT2D eigenvalue weighted by atomic mass is 10.2. The summed E-state index contributed by atoms with van der Waals surface area (Å²) in [5.74, 6) is -0.182. The molecule has 0 aliphatic rings. The summed E-state index contributed by atoms with van der Waals surface area (Å²) in [4.78, 5) is 10.0.